The SMILES string of the molecule is O=C(N[C@H](CO)c1ccccc1)c1csc2ccccc12. The second-order valence-corrected chi connectivity index (χ2v) is 5.68. The number of aliphatic hydroxyl groups is 1. The number of benzene rings is 2. The van der Waals surface area contributed by atoms with Gasteiger partial charge in [0.15, 0.2) is 0 Å². The lowest BCUT2D eigenvalue weighted by Crippen LogP contribution is -2.30. The van der Waals surface area contributed by atoms with Gasteiger partial charge < -0.3 is 10.4 Å². The fraction of sp³-hybridized carbons (Fsp3) is 0.118. The largest absolute Gasteiger partial charge is 0.394 e. The number of hydrogen-bond acceptors (Lipinski definition) is 3. The number of amides is 1. The Kier molecular flexibility index (Phi) is 3.99. The van der Waals surface area contributed by atoms with Crippen molar-refractivity contribution in [2.75, 3.05) is 6.61 Å². The van der Waals surface area contributed by atoms with E-state index < -0.39 is 6.04 Å². The summed E-state index contributed by atoms with van der Waals surface area (Å²) in [4.78, 5) is 12.4. The van der Waals surface area contributed by atoms with Crippen LogP contribution in [0.5, 0.6) is 0 Å². The molecule has 3 aromatic rings. The van der Waals surface area contributed by atoms with Crippen LogP contribution < -0.4 is 5.32 Å². The average molecular weight is 297 g/mol. The van der Waals surface area contributed by atoms with Crippen LogP contribution in [0, 0.1) is 0 Å². The minimum atomic E-state index is -0.391. The van der Waals surface area contributed by atoms with E-state index in [0.717, 1.165) is 15.6 Å². The number of thiophene rings is 1. The Balaban J connectivity index is 1.85. The summed E-state index contributed by atoms with van der Waals surface area (Å²) in [5.74, 6) is -0.157. The number of hydrogen-bond donors (Lipinski definition) is 2. The molecule has 0 aliphatic rings. The molecule has 3 rings (SSSR count). The van der Waals surface area contributed by atoms with Gasteiger partial charge >= 0.3 is 0 Å². The van der Waals surface area contributed by atoms with Crippen LogP contribution >= 0.6 is 11.3 Å². The number of carbonyl (C=O) groups excluding carboxylic acids is 1. The Bertz CT molecular complexity index is 752. The van der Waals surface area contributed by atoms with Crippen LogP contribution in [-0.4, -0.2) is 17.6 Å². The monoisotopic (exact) mass is 297 g/mol. The van der Waals surface area contributed by atoms with Crippen LogP contribution in [0.4, 0.5) is 0 Å². The van der Waals surface area contributed by atoms with Gasteiger partial charge in [0, 0.05) is 15.5 Å². The maximum absolute atomic E-state index is 12.4. The van der Waals surface area contributed by atoms with E-state index in [1.165, 1.54) is 0 Å². The summed E-state index contributed by atoms with van der Waals surface area (Å²) >= 11 is 1.55. The van der Waals surface area contributed by atoms with Gasteiger partial charge in [-0.15, -0.1) is 11.3 Å². The molecule has 0 unspecified atom stereocenters. The highest BCUT2D eigenvalue weighted by Crippen LogP contribution is 2.26. The fourth-order valence-corrected chi connectivity index (χ4v) is 3.25. The third-order valence-corrected chi connectivity index (χ3v) is 4.38. The lowest BCUT2D eigenvalue weighted by Gasteiger charge is -2.16. The smallest absolute Gasteiger partial charge is 0.253 e. The van der Waals surface area contributed by atoms with Crippen molar-refractivity contribution in [1.29, 1.82) is 0 Å². The highest BCUT2D eigenvalue weighted by Gasteiger charge is 2.17. The first-order valence-corrected chi connectivity index (χ1v) is 7.60. The third kappa shape index (κ3) is 2.82. The molecule has 0 saturated carbocycles. The van der Waals surface area contributed by atoms with E-state index in [1.54, 1.807) is 11.3 Å². The molecular formula is C17H15NO2S. The first kappa shape index (κ1) is 13.8. The molecule has 106 valence electrons. The number of nitrogens with one attached hydrogen (secondary N) is 1. The Morgan fingerprint density at radius 2 is 1.81 bits per heavy atom. The molecule has 0 saturated heterocycles. The Morgan fingerprint density at radius 1 is 1.10 bits per heavy atom. The van der Waals surface area contributed by atoms with Crippen LogP contribution in [0.15, 0.2) is 60.0 Å². The molecule has 0 aliphatic carbocycles. The molecule has 1 aromatic heterocycles. The van der Waals surface area contributed by atoms with E-state index in [2.05, 4.69) is 5.32 Å². The van der Waals surface area contributed by atoms with Crippen molar-refractivity contribution in [1.82, 2.24) is 5.32 Å². The zero-order chi connectivity index (χ0) is 14.7. The molecule has 1 atom stereocenters. The van der Waals surface area contributed by atoms with Crippen molar-refractivity contribution in [3.8, 4) is 0 Å². The summed E-state index contributed by atoms with van der Waals surface area (Å²) < 4.78 is 1.09. The molecule has 0 fully saturated rings. The van der Waals surface area contributed by atoms with Crippen LogP contribution in [-0.2, 0) is 0 Å². The Morgan fingerprint density at radius 3 is 2.57 bits per heavy atom. The summed E-state index contributed by atoms with van der Waals surface area (Å²) in [6.07, 6.45) is 0. The fourth-order valence-electron chi connectivity index (χ4n) is 2.31. The quantitative estimate of drug-likeness (QED) is 0.775. The summed E-state index contributed by atoms with van der Waals surface area (Å²) in [7, 11) is 0. The number of rotatable bonds is 4. The lowest BCUT2D eigenvalue weighted by atomic mass is 10.1. The number of fused-ring (bicyclic) bond motifs is 1. The van der Waals surface area contributed by atoms with Gasteiger partial charge in [-0.1, -0.05) is 48.5 Å². The van der Waals surface area contributed by atoms with Gasteiger partial charge in [0.1, 0.15) is 0 Å². The second-order valence-electron chi connectivity index (χ2n) is 4.76. The third-order valence-electron chi connectivity index (χ3n) is 3.42. The molecule has 2 N–H and O–H groups in total. The summed E-state index contributed by atoms with van der Waals surface area (Å²) in [6, 6.07) is 16.9. The van der Waals surface area contributed by atoms with E-state index in [4.69, 9.17) is 0 Å². The van der Waals surface area contributed by atoms with E-state index in [9.17, 15) is 9.90 Å². The Hall–Kier alpha value is -2.17. The van der Waals surface area contributed by atoms with E-state index >= 15 is 0 Å². The second kappa shape index (κ2) is 6.08. The highest BCUT2D eigenvalue weighted by atomic mass is 32.1. The van der Waals surface area contributed by atoms with Crippen molar-refractivity contribution in [2.24, 2.45) is 0 Å². The summed E-state index contributed by atoms with van der Waals surface area (Å²) in [5, 5.41) is 15.2. The lowest BCUT2D eigenvalue weighted by molar-refractivity contribution is 0.0918. The predicted molar refractivity (Wildman–Crippen MR) is 85.6 cm³/mol. The highest BCUT2D eigenvalue weighted by molar-refractivity contribution is 7.17. The van der Waals surface area contributed by atoms with Gasteiger partial charge in [0.2, 0.25) is 0 Å². The molecule has 1 amide bonds. The van der Waals surface area contributed by atoms with Crippen LogP contribution in [0.25, 0.3) is 10.1 Å². The molecular weight excluding hydrogens is 282 g/mol. The molecule has 0 spiro atoms. The molecule has 1 heterocycles. The normalized spacial score (nSPS) is 12.2. The van der Waals surface area contributed by atoms with Gasteiger partial charge in [0.25, 0.3) is 5.91 Å². The number of aliphatic hydroxyl groups excluding tert-OH is 1. The number of carbonyl (C=O) groups is 1. The average Bonchev–Trinajstić information content (AvgIpc) is 2.97. The van der Waals surface area contributed by atoms with Gasteiger partial charge in [-0.25, -0.2) is 0 Å². The van der Waals surface area contributed by atoms with Crippen LogP contribution in [0.3, 0.4) is 0 Å². The van der Waals surface area contributed by atoms with Gasteiger partial charge in [-0.3, -0.25) is 4.79 Å². The molecule has 21 heavy (non-hydrogen) atoms. The molecule has 0 aliphatic heterocycles. The van der Waals surface area contributed by atoms with Gasteiger partial charge in [0.05, 0.1) is 18.2 Å². The van der Waals surface area contributed by atoms with Gasteiger partial charge in [-0.05, 0) is 11.6 Å². The first-order valence-electron chi connectivity index (χ1n) is 6.72. The van der Waals surface area contributed by atoms with Gasteiger partial charge in [-0.2, -0.15) is 0 Å². The minimum Gasteiger partial charge on any atom is -0.394 e. The maximum atomic E-state index is 12.4. The Labute approximate surface area is 126 Å². The molecule has 0 bridgehead atoms. The molecule has 2 aromatic carbocycles. The van der Waals surface area contributed by atoms with Crippen molar-refractivity contribution < 1.29 is 9.90 Å². The molecule has 4 heteroatoms. The van der Waals surface area contributed by atoms with E-state index in [1.807, 2.05) is 60.0 Å². The summed E-state index contributed by atoms with van der Waals surface area (Å²) in [5.41, 5.74) is 1.55. The first-order chi connectivity index (χ1) is 10.3. The van der Waals surface area contributed by atoms with E-state index in [-0.39, 0.29) is 12.5 Å². The predicted octanol–water partition coefficient (Wildman–Crippen LogP) is 3.36. The molecule has 3 nitrogen and oxygen atoms in total. The van der Waals surface area contributed by atoms with Crippen molar-refractivity contribution in [3.05, 3.63) is 71.1 Å². The maximum Gasteiger partial charge on any atom is 0.253 e. The van der Waals surface area contributed by atoms with Crippen molar-refractivity contribution in [3.63, 3.8) is 0 Å². The minimum absolute atomic E-state index is 0.127. The topological polar surface area (TPSA) is 49.3 Å². The zero-order valence-corrected chi connectivity index (χ0v) is 12.1. The van der Waals surface area contributed by atoms with E-state index in [0.29, 0.717) is 5.56 Å². The zero-order valence-electron chi connectivity index (χ0n) is 11.3. The molecule has 0 radical (unpaired) electrons. The van der Waals surface area contributed by atoms with Crippen LogP contribution in [0.1, 0.15) is 22.0 Å². The standard InChI is InChI=1S/C17H15NO2S/c19-10-15(12-6-2-1-3-7-12)18-17(20)14-11-21-16-9-5-4-8-13(14)16/h1-9,11,15,19H,10H2,(H,18,20)/t15-/m1/s1. The summed E-state index contributed by atoms with van der Waals surface area (Å²) in [6.45, 7) is -0.127. The van der Waals surface area contributed by atoms with Crippen LogP contribution in [0.2, 0.25) is 0 Å². The van der Waals surface area contributed by atoms with Crippen molar-refractivity contribution >= 4 is 27.3 Å². The van der Waals surface area contributed by atoms with Crippen molar-refractivity contribution in [2.45, 2.75) is 6.04 Å².